The van der Waals surface area contributed by atoms with Crippen LogP contribution in [-0.4, -0.2) is 26.1 Å². The summed E-state index contributed by atoms with van der Waals surface area (Å²) in [5.74, 6) is 0. The molecule has 0 saturated heterocycles. The highest BCUT2D eigenvalue weighted by Crippen LogP contribution is 2.10. The van der Waals surface area contributed by atoms with Gasteiger partial charge in [0.15, 0.2) is 0 Å². The maximum atomic E-state index is 10.5. The smallest absolute Gasteiger partial charge is 0.208 e. The second-order valence-corrected chi connectivity index (χ2v) is 5.67. The second-order valence-electron chi connectivity index (χ2n) is 2.81. The van der Waals surface area contributed by atoms with Crippen molar-refractivity contribution in [2.75, 3.05) is 12.8 Å². The summed E-state index contributed by atoms with van der Waals surface area (Å²) in [6.07, 6.45) is 1.11. The van der Waals surface area contributed by atoms with Crippen molar-refractivity contribution in [3.8, 4) is 0 Å². The van der Waals surface area contributed by atoms with Gasteiger partial charge in [0, 0.05) is 6.54 Å². The molecule has 10 heavy (non-hydrogen) atoms. The van der Waals surface area contributed by atoms with Crippen molar-refractivity contribution in [3.63, 3.8) is 0 Å². The molecule has 0 radical (unpaired) electrons. The van der Waals surface area contributed by atoms with Crippen molar-refractivity contribution < 1.29 is 8.42 Å². The molecule has 0 aliphatic carbocycles. The maximum absolute atomic E-state index is 10.5. The van der Waals surface area contributed by atoms with Crippen molar-refractivity contribution in [3.05, 3.63) is 0 Å². The number of nitrogens with one attached hydrogen (secondary N) is 1. The quantitative estimate of drug-likeness (QED) is 0.653. The minimum Gasteiger partial charge on any atom is -0.214 e. The van der Waals surface area contributed by atoms with Crippen LogP contribution in [0.5, 0.6) is 0 Å². The zero-order valence-electron chi connectivity index (χ0n) is 6.31. The van der Waals surface area contributed by atoms with Gasteiger partial charge < -0.3 is 0 Å². The summed E-state index contributed by atoms with van der Waals surface area (Å²) in [4.78, 5) is -0.511. The molecule has 0 atom stereocenters. The van der Waals surface area contributed by atoms with Crippen LogP contribution in [0.15, 0.2) is 0 Å². The van der Waals surface area contributed by atoms with Gasteiger partial charge in [-0.25, -0.2) is 13.1 Å². The summed E-state index contributed by atoms with van der Waals surface area (Å²) in [6, 6.07) is 0. The molecular weight excluding hydrogens is 174 g/mol. The van der Waals surface area contributed by atoms with Crippen molar-refractivity contribution in [1.82, 2.24) is 4.72 Å². The van der Waals surface area contributed by atoms with Crippen molar-refractivity contribution in [2.24, 2.45) is 0 Å². The lowest BCUT2D eigenvalue weighted by Crippen LogP contribution is -2.33. The fourth-order valence-electron chi connectivity index (χ4n) is 0.303. The van der Waals surface area contributed by atoms with E-state index >= 15 is 0 Å². The third kappa shape index (κ3) is 8.20. The largest absolute Gasteiger partial charge is 0.214 e. The Morgan fingerprint density at radius 1 is 1.50 bits per heavy atom. The summed E-state index contributed by atoms with van der Waals surface area (Å²) in [6.45, 7) is 3.74. The first kappa shape index (κ1) is 10.2. The highest BCUT2D eigenvalue weighted by atomic mass is 35.5. The van der Waals surface area contributed by atoms with Crippen LogP contribution in [0.3, 0.4) is 0 Å². The van der Waals surface area contributed by atoms with E-state index in [4.69, 9.17) is 11.6 Å². The van der Waals surface area contributed by atoms with Gasteiger partial charge in [-0.3, -0.25) is 0 Å². The van der Waals surface area contributed by atoms with Gasteiger partial charge in [0.1, 0.15) is 0 Å². The molecule has 0 rings (SSSR count). The van der Waals surface area contributed by atoms with Gasteiger partial charge in [-0.05, 0) is 13.8 Å². The molecule has 0 aliphatic rings. The Kier molecular flexibility index (Phi) is 3.13. The van der Waals surface area contributed by atoms with Crippen LogP contribution in [0.4, 0.5) is 0 Å². The fraction of sp³-hybridized carbons (Fsp3) is 1.00. The zero-order chi connectivity index (χ0) is 8.41. The zero-order valence-corrected chi connectivity index (χ0v) is 7.88. The lowest BCUT2D eigenvalue weighted by atomic mass is 10.2. The van der Waals surface area contributed by atoms with E-state index in [-0.39, 0.29) is 6.54 Å². The van der Waals surface area contributed by atoms with Gasteiger partial charge in [-0.15, -0.1) is 11.6 Å². The standard InChI is InChI=1S/C5H12ClNO2S/c1-5(2,6)4-7-10(3,8)9/h7H,4H2,1-3H3. The van der Waals surface area contributed by atoms with E-state index in [1.807, 2.05) is 0 Å². The van der Waals surface area contributed by atoms with E-state index in [0.717, 1.165) is 6.26 Å². The van der Waals surface area contributed by atoms with Gasteiger partial charge in [0.25, 0.3) is 0 Å². The van der Waals surface area contributed by atoms with Crippen molar-refractivity contribution in [1.29, 1.82) is 0 Å². The Hall–Kier alpha value is 0.200. The third-order valence-electron chi connectivity index (χ3n) is 0.755. The third-order valence-corrected chi connectivity index (χ3v) is 1.56. The van der Waals surface area contributed by atoms with Gasteiger partial charge in [0.05, 0.1) is 11.1 Å². The minimum atomic E-state index is -3.09. The maximum Gasteiger partial charge on any atom is 0.208 e. The van der Waals surface area contributed by atoms with Gasteiger partial charge in [-0.2, -0.15) is 0 Å². The summed E-state index contributed by atoms with van der Waals surface area (Å²) in [5, 5.41) is 0. The number of halogens is 1. The molecule has 5 heteroatoms. The van der Waals surface area contributed by atoms with E-state index in [1.54, 1.807) is 13.8 Å². The molecule has 3 nitrogen and oxygen atoms in total. The Morgan fingerprint density at radius 3 is 2.00 bits per heavy atom. The van der Waals surface area contributed by atoms with Crippen LogP contribution in [0.25, 0.3) is 0 Å². The summed E-state index contributed by atoms with van der Waals surface area (Å²) >= 11 is 5.71. The molecule has 0 fully saturated rings. The Morgan fingerprint density at radius 2 is 1.90 bits per heavy atom. The van der Waals surface area contributed by atoms with Crippen LogP contribution in [-0.2, 0) is 10.0 Å². The molecular formula is C5H12ClNO2S. The van der Waals surface area contributed by atoms with Crippen LogP contribution < -0.4 is 4.72 Å². The molecule has 0 heterocycles. The van der Waals surface area contributed by atoms with Gasteiger partial charge >= 0.3 is 0 Å². The highest BCUT2D eigenvalue weighted by Gasteiger charge is 2.14. The molecule has 0 amide bonds. The van der Waals surface area contributed by atoms with E-state index in [0.29, 0.717) is 0 Å². The summed E-state index contributed by atoms with van der Waals surface area (Å²) < 4.78 is 23.3. The highest BCUT2D eigenvalue weighted by molar-refractivity contribution is 7.88. The molecule has 0 unspecified atom stereocenters. The molecule has 62 valence electrons. The van der Waals surface area contributed by atoms with Gasteiger partial charge in [-0.1, -0.05) is 0 Å². The van der Waals surface area contributed by atoms with Crippen molar-refractivity contribution in [2.45, 2.75) is 18.7 Å². The number of sulfonamides is 1. The normalized spacial score (nSPS) is 13.6. The minimum absolute atomic E-state index is 0.257. The predicted octanol–water partition coefficient (Wildman–Crippen LogP) is 0.553. The molecule has 0 aliphatic heterocycles. The molecule has 0 spiro atoms. The second kappa shape index (κ2) is 3.07. The number of rotatable bonds is 3. The number of hydrogen-bond acceptors (Lipinski definition) is 2. The topological polar surface area (TPSA) is 46.2 Å². The number of alkyl halides is 1. The average Bonchev–Trinajstić information content (AvgIpc) is 1.57. The first-order valence-electron chi connectivity index (χ1n) is 2.84. The van der Waals surface area contributed by atoms with Gasteiger partial charge in [0.2, 0.25) is 10.0 Å². The lowest BCUT2D eigenvalue weighted by molar-refractivity contribution is 0.574. The first-order valence-corrected chi connectivity index (χ1v) is 5.11. The monoisotopic (exact) mass is 185 g/mol. The Labute approximate surface area is 66.8 Å². The van der Waals surface area contributed by atoms with Crippen LogP contribution >= 0.6 is 11.6 Å². The SMILES string of the molecule is CC(C)(Cl)CNS(C)(=O)=O. The van der Waals surface area contributed by atoms with E-state index in [1.165, 1.54) is 0 Å². The van der Waals surface area contributed by atoms with E-state index in [2.05, 4.69) is 4.72 Å². The van der Waals surface area contributed by atoms with Crippen LogP contribution in [0.2, 0.25) is 0 Å². The fourth-order valence-corrected chi connectivity index (χ4v) is 1.07. The van der Waals surface area contributed by atoms with E-state index in [9.17, 15) is 8.42 Å². The predicted molar refractivity (Wildman–Crippen MR) is 42.8 cm³/mol. The first-order chi connectivity index (χ1) is 4.21. The molecule has 0 aromatic heterocycles. The molecule has 0 aromatic rings. The number of hydrogen-bond donors (Lipinski definition) is 1. The summed E-state index contributed by atoms with van der Waals surface area (Å²) in [5.41, 5.74) is 0. The lowest BCUT2D eigenvalue weighted by Gasteiger charge is -2.14. The molecule has 0 bridgehead atoms. The molecule has 0 saturated carbocycles. The Balaban J connectivity index is 3.79. The summed E-state index contributed by atoms with van der Waals surface area (Å²) in [7, 11) is -3.09. The van der Waals surface area contributed by atoms with E-state index < -0.39 is 14.9 Å². The van der Waals surface area contributed by atoms with Crippen LogP contribution in [0, 0.1) is 0 Å². The van der Waals surface area contributed by atoms with Crippen LogP contribution in [0.1, 0.15) is 13.8 Å². The van der Waals surface area contributed by atoms with Crippen molar-refractivity contribution >= 4 is 21.6 Å². The molecule has 1 N–H and O–H groups in total. The molecule has 0 aromatic carbocycles. The average molecular weight is 186 g/mol. The Bertz CT molecular complexity index is 192.